The van der Waals surface area contributed by atoms with E-state index in [0.717, 1.165) is 11.4 Å². The van der Waals surface area contributed by atoms with Crippen LogP contribution in [0.25, 0.3) is 0 Å². The topological polar surface area (TPSA) is 26.0 Å². The predicted octanol–water partition coefficient (Wildman–Crippen LogP) is 4.26. The number of rotatable bonds is 4. The van der Waals surface area contributed by atoms with Crippen molar-refractivity contribution in [1.82, 2.24) is 0 Å². The molecular formula is C15H17NS. The van der Waals surface area contributed by atoms with Crippen LogP contribution in [0.3, 0.4) is 0 Å². The van der Waals surface area contributed by atoms with Crippen LogP contribution in [0.5, 0.6) is 0 Å². The van der Waals surface area contributed by atoms with E-state index < -0.39 is 0 Å². The summed E-state index contributed by atoms with van der Waals surface area (Å²) in [6, 6.07) is 18.7. The fourth-order valence-electron chi connectivity index (χ4n) is 1.70. The fraction of sp³-hybridized carbons (Fsp3) is 0.200. The van der Waals surface area contributed by atoms with E-state index in [0.29, 0.717) is 5.25 Å². The van der Waals surface area contributed by atoms with Gasteiger partial charge in [-0.1, -0.05) is 42.5 Å². The van der Waals surface area contributed by atoms with Gasteiger partial charge in [0, 0.05) is 16.7 Å². The highest BCUT2D eigenvalue weighted by Gasteiger charge is 2.06. The lowest BCUT2D eigenvalue weighted by Crippen LogP contribution is -1.92. The van der Waals surface area contributed by atoms with Gasteiger partial charge in [0.25, 0.3) is 0 Å². The minimum Gasteiger partial charge on any atom is -0.399 e. The van der Waals surface area contributed by atoms with E-state index in [9.17, 15) is 0 Å². The number of thioether (sulfide) groups is 1. The van der Waals surface area contributed by atoms with Crippen LogP contribution in [0.15, 0.2) is 54.6 Å². The summed E-state index contributed by atoms with van der Waals surface area (Å²) in [6.07, 6.45) is 0. The monoisotopic (exact) mass is 243 g/mol. The van der Waals surface area contributed by atoms with E-state index >= 15 is 0 Å². The average molecular weight is 243 g/mol. The Morgan fingerprint density at radius 2 is 1.82 bits per heavy atom. The molecule has 2 N–H and O–H groups in total. The van der Waals surface area contributed by atoms with Gasteiger partial charge in [0.05, 0.1) is 0 Å². The van der Waals surface area contributed by atoms with Gasteiger partial charge >= 0.3 is 0 Å². The quantitative estimate of drug-likeness (QED) is 0.812. The van der Waals surface area contributed by atoms with Gasteiger partial charge in [-0.05, 0) is 30.2 Å². The maximum Gasteiger partial charge on any atom is 0.0317 e. The molecule has 1 atom stereocenters. The Hall–Kier alpha value is -1.41. The Kier molecular flexibility index (Phi) is 4.10. The second kappa shape index (κ2) is 5.78. The third-order valence-electron chi connectivity index (χ3n) is 2.72. The Morgan fingerprint density at radius 3 is 2.53 bits per heavy atom. The predicted molar refractivity (Wildman–Crippen MR) is 77.0 cm³/mol. The first-order valence-electron chi connectivity index (χ1n) is 5.76. The highest BCUT2D eigenvalue weighted by Crippen LogP contribution is 2.31. The molecule has 0 amide bonds. The second-order valence-electron chi connectivity index (χ2n) is 4.11. The minimum atomic E-state index is 0.471. The highest BCUT2D eigenvalue weighted by molar-refractivity contribution is 7.98. The summed E-state index contributed by atoms with van der Waals surface area (Å²) in [5, 5.41) is 0.471. The molecule has 0 heterocycles. The van der Waals surface area contributed by atoms with Crippen molar-refractivity contribution in [2.24, 2.45) is 0 Å². The molecule has 0 saturated heterocycles. The Morgan fingerprint density at radius 1 is 1.06 bits per heavy atom. The molecule has 1 unspecified atom stereocenters. The fourth-order valence-corrected chi connectivity index (χ4v) is 2.68. The number of hydrogen-bond acceptors (Lipinski definition) is 2. The van der Waals surface area contributed by atoms with Crippen molar-refractivity contribution in [3.8, 4) is 0 Å². The van der Waals surface area contributed by atoms with Crippen molar-refractivity contribution in [3.05, 3.63) is 65.7 Å². The SMILES string of the molecule is CC(SCc1ccccc1)c1cccc(N)c1. The minimum absolute atomic E-state index is 0.471. The average Bonchev–Trinajstić information content (AvgIpc) is 2.37. The summed E-state index contributed by atoms with van der Waals surface area (Å²) in [5.74, 6) is 1.04. The molecule has 17 heavy (non-hydrogen) atoms. The Labute approximate surface area is 107 Å². The van der Waals surface area contributed by atoms with Crippen LogP contribution in [0.2, 0.25) is 0 Å². The molecule has 0 saturated carbocycles. The van der Waals surface area contributed by atoms with Crippen LogP contribution < -0.4 is 5.73 Å². The number of nitrogen functional groups attached to an aromatic ring is 1. The summed E-state index contributed by atoms with van der Waals surface area (Å²) >= 11 is 1.94. The van der Waals surface area contributed by atoms with Crippen LogP contribution in [0, 0.1) is 0 Å². The van der Waals surface area contributed by atoms with Crippen LogP contribution in [0.4, 0.5) is 5.69 Å². The van der Waals surface area contributed by atoms with Crippen molar-refractivity contribution in [2.45, 2.75) is 17.9 Å². The van der Waals surface area contributed by atoms with Crippen molar-refractivity contribution in [1.29, 1.82) is 0 Å². The molecule has 1 nitrogen and oxygen atoms in total. The van der Waals surface area contributed by atoms with E-state index in [1.165, 1.54) is 11.1 Å². The van der Waals surface area contributed by atoms with Gasteiger partial charge in [0.1, 0.15) is 0 Å². The largest absolute Gasteiger partial charge is 0.399 e. The normalized spacial score (nSPS) is 12.3. The lowest BCUT2D eigenvalue weighted by Gasteiger charge is -2.12. The van der Waals surface area contributed by atoms with Crippen LogP contribution >= 0.6 is 11.8 Å². The molecule has 2 rings (SSSR count). The molecule has 0 aromatic heterocycles. The number of hydrogen-bond donors (Lipinski definition) is 1. The zero-order valence-corrected chi connectivity index (χ0v) is 10.8. The van der Waals surface area contributed by atoms with Crippen LogP contribution in [0.1, 0.15) is 23.3 Å². The van der Waals surface area contributed by atoms with Crippen molar-refractivity contribution in [2.75, 3.05) is 5.73 Å². The molecule has 2 aromatic carbocycles. The van der Waals surface area contributed by atoms with Gasteiger partial charge in [-0.2, -0.15) is 0 Å². The summed E-state index contributed by atoms with van der Waals surface area (Å²) < 4.78 is 0. The maximum absolute atomic E-state index is 5.79. The second-order valence-corrected chi connectivity index (χ2v) is 5.44. The number of nitrogens with two attached hydrogens (primary N) is 1. The molecule has 0 radical (unpaired) electrons. The summed E-state index contributed by atoms with van der Waals surface area (Å²) in [7, 11) is 0. The molecule has 2 aromatic rings. The van der Waals surface area contributed by atoms with Gasteiger partial charge in [-0.15, -0.1) is 11.8 Å². The van der Waals surface area contributed by atoms with E-state index in [-0.39, 0.29) is 0 Å². The van der Waals surface area contributed by atoms with E-state index in [2.05, 4.69) is 49.4 Å². The third kappa shape index (κ3) is 3.53. The van der Waals surface area contributed by atoms with E-state index in [4.69, 9.17) is 5.73 Å². The standard InChI is InChI=1S/C15H17NS/c1-12(14-8-5-9-15(16)10-14)17-11-13-6-3-2-4-7-13/h2-10,12H,11,16H2,1H3. The summed E-state index contributed by atoms with van der Waals surface area (Å²) in [5.41, 5.74) is 9.30. The van der Waals surface area contributed by atoms with Gasteiger partial charge in [0.2, 0.25) is 0 Å². The van der Waals surface area contributed by atoms with Crippen molar-refractivity contribution in [3.63, 3.8) is 0 Å². The Bertz CT molecular complexity index is 467. The molecule has 0 aliphatic heterocycles. The molecule has 0 aliphatic rings. The van der Waals surface area contributed by atoms with Crippen molar-refractivity contribution >= 4 is 17.4 Å². The number of anilines is 1. The molecule has 88 valence electrons. The number of benzene rings is 2. The maximum atomic E-state index is 5.79. The zero-order chi connectivity index (χ0) is 12.1. The summed E-state index contributed by atoms with van der Waals surface area (Å²) in [4.78, 5) is 0. The first-order chi connectivity index (χ1) is 8.25. The van der Waals surface area contributed by atoms with Crippen LogP contribution in [-0.4, -0.2) is 0 Å². The summed E-state index contributed by atoms with van der Waals surface area (Å²) in [6.45, 7) is 2.22. The first kappa shape index (κ1) is 12.1. The van der Waals surface area contributed by atoms with Crippen molar-refractivity contribution < 1.29 is 0 Å². The van der Waals surface area contributed by atoms with Gasteiger partial charge in [-0.3, -0.25) is 0 Å². The van der Waals surface area contributed by atoms with Gasteiger partial charge in [-0.25, -0.2) is 0 Å². The van der Waals surface area contributed by atoms with Crippen LogP contribution in [-0.2, 0) is 5.75 Å². The molecule has 0 spiro atoms. The smallest absolute Gasteiger partial charge is 0.0317 e. The van der Waals surface area contributed by atoms with E-state index in [1.54, 1.807) is 0 Å². The lowest BCUT2D eigenvalue weighted by molar-refractivity contribution is 1.10. The van der Waals surface area contributed by atoms with Gasteiger partial charge < -0.3 is 5.73 Å². The zero-order valence-electron chi connectivity index (χ0n) is 9.97. The molecule has 0 bridgehead atoms. The Balaban J connectivity index is 1.96. The third-order valence-corrected chi connectivity index (χ3v) is 4.00. The highest BCUT2D eigenvalue weighted by atomic mass is 32.2. The molecule has 2 heteroatoms. The van der Waals surface area contributed by atoms with E-state index in [1.807, 2.05) is 23.9 Å². The first-order valence-corrected chi connectivity index (χ1v) is 6.81. The lowest BCUT2D eigenvalue weighted by atomic mass is 10.1. The molecule has 0 fully saturated rings. The van der Waals surface area contributed by atoms with Gasteiger partial charge in [0.15, 0.2) is 0 Å². The molecular weight excluding hydrogens is 226 g/mol. The molecule has 0 aliphatic carbocycles.